The molecule has 3 rings (SSSR count). The standard InChI is InChI=1S/C22H23N3O4/c1-4-16-5-8-21(29-12-10-27-3)20(13-16)25-22-18-7-6-17(28-11-9-26-2)14-19(18)23-15-24-22/h1,5-8,13-15H,9-12H2,2-3H3,(H,23,24,25). The Morgan fingerprint density at radius 2 is 1.72 bits per heavy atom. The highest BCUT2D eigenvalue weighted by atomic mass is 16.5. The zero-order valence-electron chi connectivity index (χ0n) is 16.5. The second kappa shape index (κ2) is 10.3. The Morgan fingerprint density at radius 3 is 2.48 bits per heavy atom. The molecule has 0 saturated carbocycles. The minimum Gasteiger partial charge on any atom is -0.491 e. The minimum absolute atomic E-state index is 0.424. The van der Waals surface area contributed by atoms with Crippen molar-refractivity contribution in [2.24, 2.45) is 0 Å². The summed E-state index contributed by atoms with van der Waals surface area (Å²) in [6, 6.07) is 11.2. The minimum atomic E-state index is 0.424. The number of nitrogens with zero attached hydrogens (tertiary/aromatic N) is 2. The molecular weight excluding hydrogens is 370 g/mol. The number of methoxy groups -OCH3 is 2. The van der Waals surface area contributed by atoms with Gasteiger partial charge < -0.3 is 24.3 Å². The van der Waals surface area contributed by atoms with E-state index in [1.54, 1.807) is 14.2 Å². The second-order valence-electron chi connectivity index (χ2n) is 6.06. The van der Waals surface area contributed by atoms with Gasteiger partial charge in [-0.3, -0.25) is 0 Å². The van der Waals surface area contributed by atoms with Gasteiger partial charge in [-0.1, -0.05) is 5.92 Å². The molecule has 0 spiro atoms. The van der Waals surface area contributed by atoms with Crippen LogP contribution in [0.1, 0.15) is 5.56 Å². The predicted molar refractivity (Wildman–Crippen MR) is 112 cm³/mol. The van der Waals surface area contributed by atoms with E-state index in [-0.39, 0.29) is 0 Å². The molecule has 0 amide bonds. The number of rotatable bonds is 10. The molecule has 0 saturated heterocycles. The maximum Gasteiger partial charge on any atom is 0.142 e. The number of fused-ring (bicyclic) bond motifs is 1. The summed E-state index contributed by atoms with van der Waals surface area (Å²) >= 11 is 0. The Balaban J connectivity index is 1.88. The van der Waals surface area contributed by atoms with Crippen LogP contribution >= 0.6 is 0 Å². The molecule has 0 aliphatic rings. The number of nitrogens with one attached hydrogen (secondary N) is 1. The van der Waals surface area contributed by atoms with Crippen LogP contribution in [0.15, 0.2) is 42.7 Å². The summed E-state index contributed by atoms with van der Waals surface area (Å²) in [5.41, 5.74) is 2.21. The molecule has 0 fully saturated rings. The summed E-state index contributed by atoms with van der Waals surface area (Å²) in [5, 5.41) is 4.16. The fourth-order valence-corrected chi connectivity index (χ4v) is 2.67. The van der Waals surface area contributed by atoms with Crippen LogP contribution < -0.4 is 14.8 Å². The van der Waals surface area contributed by atoms with E-state index in [2.05, 4.69) is 21.2 Å². The van der Waals surface area contributed by atoms with Crippen LogP contribution in [0.5, 0.6) is 11.5 Å². The predicted octanol–water partition coefficient (Wildman–Crippen LogP) is 3.41. The van der Waals surface area contributed by atoms with Crippen molar-refractivity contribution in [2.75, 3.05) is 46.0 Å². The highest BCUT2D eigenvalue weighted by Crippen LogP contribution is 2.31. The van der Waals surface area contributed by atoms with Gasteiger partial charge in [0.1, 0.15) is 36.9 Å². The fraction of sp³-hybridized carbons (Fsp3) is 0.273. The zero-order valence-corrected chi connectivity index (χ0v) is 16.5. The number of ether oxygens (including phenoxy) is 4. The third-order valence-electron chi connectivity index (χ3n) is 4.11. The summed E-state index contributed by atoms with van der Waals surface area (Å²) in [6.07, 6.45) is 7.05. The SMILES string of the molecule is C#Cc1ccc(OCCOC)c(Nc2ncnc3cc(OCCOC)ccc23)c1. The van der Waals surface area contributed by atoms with Crippen molar-refractivity contribution in [1.82, 2.24) is 9.97 Å². The van der Waals surface area contributed by atoms with E-state index in [0.717, 1.165) is 27.9 Å². The molecular formula is C22H23N3O4. The molecule has 0 aliphatic heterocycles. The lowest BCUT2D eigenvalue weighted by molar-refractivity contribution is 0.146. The first-order chi connectivity index (χ1) is 14.2. The Labute approximate surface area is 170 Å². The van der Waals surface area contributed by atoms with Gasteiger partial charge >= 0.3 is 0 Å². The monoisotopic (exact) mass is 393 g/mol. The number of benzene rings is 2. The average Bonchev–Trinajstić information content (AvgIpc) is 2.75. The molecule has 3 aromatic rings. The smallest absolute Gasteiger partial charge is 0.142 e. The van der Waals surface area contributed by atoms with Crippen LogP contribution in [0.4, 0.5) is 11.5 Å². The van der Waals surface area contributed by atoms with Crippen molar-refractivity contribution >= 4 is 22.4 Å². The summed E-state index contributed by atoms with van der Waals surface area (Å²) in [7, 11) is 3.27. The van der Waals surface area contributed by atoms with Gasteiger partial charge in [-0.05, 0) is 30.3 Å². The van der Waals surface area contributed by atoms with Crippen molar-refractivity contribution in [3.8, 4) is 23.8 Å². The molecule has 1 heterocycles. The molecule has 1 N–H and O–H groups in total. The lowest BCUT2D eigenvalue weighted by Crippen LogP contribution is -2.07. The normalized spacial score (nSPS) is 10.5. The van der Waals surface area contributed by atoms with Crippen LogP contribution in [-0.2, 0) is 9.47 Å². The van der Waals surface area contributed by atoms with Crippen LogP contribution in [-0.4, -0.2) is 50.6 Å². The van der Waals surface area contributed by atoms with Crippen molar-refractivity contribution in [3.63, 3.8) is 0 Å². The molecule has 7 heteroatoms. The Bertz CT molecular complexity index is 1000. The van der Waals surface area contributed by atoms with Crippen LogP contribution in [0, 0.1) is 12.3 Å². The van der Waals surface area contributed by atoms with Gasteiger partial charge in [-0.15, -0.1) is 6.42 Å². The van der Waals surface area contributed by atoms with Gasteiger partial charge in [0.05, 0.1) is 24.4 Å². The van der Waals surface area contributed by atoms with Gasteiger partial charge in [0, 0.05) is 31.2 Å². The summed E-state index contributed by atoms with van der Waals surface area (Å²) < 4.78 is 21.5. The highest BCUT2D eigenvalue weighted by Gasteiger charge is 2.10. The zero-order chi connectivity index (χ0) is 20.5. The van der Waals surface area contributed by atoms with E-state index in [9.17, 15) is 0 Å². The molecule has 0 aliphatic carbocycles. The second-order valence-corrected chi connectivity index (χ2v) is 6.06. The first kappa shape index (κ1) is 20.4. The molecule has 2 aromatic carbocycles. The fourth-order valence-electron chi connectivity index (χ4n) is 2.67. The van der Waals surface area contributed by atoms with E-state index in [4.69, 9.17) is 25.4 Å². The third-order valence-corrected chi connectivity index (χ3v) is 4.11. The summed E-state index contributed by atoms with van der Waals surface area (Å²) in [6.45, 7) is 1.90. The van der Waals surface area contributed by atoms with E-state index in [1.165, 1.54) is 6.33 Å². The topological polar surface area (TPSA) is 74.7 Å². The van der Waals surface area contributed by atoms with E-state index >= 15 is 0 Å². The maximum absolute atomic E-state index is 5.80. The van der Waals surface area contributed by atoms with Gasteiger partial charge in [0.15, 0.2) is 0 Å². The van der Waals surface area contributed by atoms with E-state index in [0.29, 0.717) is 38.0 Å². The lowest BCUT2D eigenvalue weighted by Gasteiger charge is -2.14. The number of terminal acetylenes is 1. The molecule has 29 heavy (non-hydrogen) atoms. The number of hydrogen-bond acceptors (Lipinski definition) is 7. The molecule has 0 radical (unpaired) electrons. The molecule has 7 nitrogen and oxygen atoms in total. The molecule has 1 aromatic heterocycles. The van der Waals surface area contributed by atoms with Gasteiger partial charge in [-0.2, -0.15) is 0 Å². The van der Waals surface area contributed by atoms with Crippen molar-refractivity contribution in [2.45, 2.75) is 0 Å². The van der Waals surface area contributed by atoms with Crippen molar-refractivity contribution in [1.29, 1.82) is 0 Å². The van der Waals surface area contributed by atoms with Gasteiger partial charge in [-0.25, -0.2) is 9.97 Å². The van der Waals surface area contributed by atoms with Gasteiger partial charge in [0.2, 0.25) is 0 Å². The maximum atomic E-state index is 5.80. The Morgan fingerprint density at radius 1 is 0.931 bits per heavy atom. The van der Waals surface area contributed by atoms with Crippen molar-refractivity contribution in [3.05, 3.63) is 48.3 Å². The quantitative estimate of drug-likeness (QED) is 0.418. The first-order valence-corrected chi connectivity index (χ1v) is 9.11. The van der Waals surface area contributed by atoms with Crippen LogP contribution in [0.25, 0.3) is 10.9 Å². The number of aromatic nitrogens is 2. The van der Waals surface area contributed by atoms with Crippen LogP contribution in [0.2, 0.25) is 0 Å². The first-order valence-electron chi connectivity index (χ1n) is 9.11. The Kier molecular flexibility index (Phi) is 7.22. The average molecular weight is 393 g/mol. The third kappa shape index (κ3) is 5.35. The summed E-state index contributed by atoms with van der Waals surface area (Å²) in [4.78, 5) is 8.73. The van der Waals surface area contributed by atoms with E-state index in [1.807, 2.05) is 36.4 Å². The molecule has 0 bridgehead atoms. The Hall–Kier alpha value is -3.34. The number of hydrogen-bond donors (Lipinski definition) is 1. The number of anilines is 2. The van der Waals surface area contributed by atoms with Gasteiger partial charge in [0.25, 0.3) is 0 Å². The van der Waals surface area contributed by atoms with Crippen LogP contribution in [0.3, 0.4) is 0 Å². The summed E-state index contributed by atoms with van der Waals surface area (Å²) in [5.74, 6) is 4.66. The molecule has 150 valence electrons. The highest BCUT2D eigenvalue weighted by molar-refractivity contribution is 5.92. The largest absolute Gasteiger partial charge is 0.491 e. The van der Waals surface area contributed by atoms with Crippen molar-refractivity contribution < 1.29 is 18.9 Å². The molecule has 0 unspecified atom stereocenters. The molecule has 0 atom stereocenters. The lowest BCUT2D eigenvalue weighted by atomic mass is 10.1. The van der Waals surface area contributed by atoms with E-state index < -0.39 is 0 Å².